The molecule has 23 heavy (non-hydrogen) atoms. The molecular formula is C16H15ClFNO3S. The molecule has 0 spiro atoms. The Morgan fingerprint density at radius 2 is 1.87 bits per heavy atom. The quantitative estimate of drug-likeness (QED) is 0.881. The molecule has 3 rings (SSSR count). The van der Waals surface area contributed by atoms with E-state index in [9.17, 15) is 17.9 Å². The standard InChI is InChI=1S/C16H15ClFNO3S/c17-13-6-2-7-14(15(13)20)23(21,22)19-16(8-3-9-16)11-4-1-5-12(18)10-11/h1-2,4-7,10,19-20H,3,8-9H2. The van der Waals surface area contributed by atoms with Gasteiger partial charge in [-0.2, -0.15) is 0 Å². The monoisotopic (exact) mass is 355 g/mol. The fourth-order valence-corrected chi connectivity index (χ4v) is 4.59. The summed E-state index contributed by atoms with van der Waals surface area (Å²) < 4.78 is 41.4. The van der Waals surface area contributed by atoms with E-state index in [-0.39, 0.29) is 9.92 Å². The van der Waals surface area contributed by atoms with Crippen molar-refractivity contribution in [3.05, 3.63) is 58.9 Å². The maximum absolute atomic E-state index is 13.5. The van der Waals surface area contributed by atoms with Crippen LogP contribution in [0.2, 0.25) is 5.02 Å². The number of phenolic OH excluding ortho intramolecular Hbond substituents is 1. The van der Waals surface area contributed by atoms with E-state index in [1.54, 1.807) is 12.1 Å². The van der Waals surface area contributed by atoms with E-state index in [0.717, 1.165) is 6.42 Å². The maximum Gasteiger partial charge on any atom is 0.245 e. The highest BCUT2D eigenvalue weighted by molar-refractivity contribution is 7.89. The molecule has 122 valence electrons. The van der Waals surface area contributed by atoms with Crippen LogP contribution in [0, 0.1) is 5.82 Å². The van der Waals surface area contributed by atoms with E-state index < -0.39 is 27.1 Å². The Morgan fingerprint density at radius 1 is 1.17 bits per heavy atom. The summed E-state index contributed by atoms with van der Waals surface area (Å²) in [4.78, 5) is -0.285. The Labute approximate surface area is 139 Å². The number of halogens is 2. The number of sulfonamides is 1. The van der Waals surface area contributed by atoms with Crippen LogP contribution in [-0.4, -0.2) is 13.5 Å². The minimum absolute atomic E-state index is 0.0405. The third kappa shape index (κ3) is 2.94. The van der Waals surface area contributed by atoms with Gasteiger partial charge in [-0.1, -0.05) is 29.8 Å². The number of phenols is 1. The van der Waals surface area contributed by atoms with Crippen LogP contribution in [-0.2, 0) is 15.6 Å². The Bertz CT molecular complexity index is 850. The van der Waals surface area contributed by atoms with E-state index in [2.05, 4.69) is 4.72 Å². The van der Waals surface area contributed by atoms with Crippen molar-refractivity contribution in [3.63, 3.8) is 0 Å². The van der Waals surface area contributed by atoms with E-state index in [1.165, 1.54) is 30.3 Å². The number of aromatic hydroxyl groups is 1. The molecule has 0 saturated heterocycles. The number of hydrogen-bond donors (Lipinski definition) is 2. The molecule has 7 heteroatoms. The van der Waals surface area contributed by atoms with Crippen molar-refractivity contribution in [1.29, 1.82) is 0 Å². The third-order valence-corrected chi connectivity index (χ3v) is 6.03. The van der Waals surface area contributed by atoms with Crippen molar-refractivity contribution in [2.24, 2.45) is 0 Å². The molecule has 2 aromatic carbocycles. The van der Waals surface area contributed by atoms with Gasteiger partial charge in [-0.3, -0.25) is 0 Å². The van der Waals surface area contributed by atoms with Crippen molar-refractivity contribution in [2.75, 3.05) is 0 Å². The van der Waals surface area contributed by atoms with Crippen molar-refractivity contribution in [3.8, 4) is 5.75 Å². The zero-order chi connectivity index (χ0) is 16.7. The third-order valence-electron chi connectivity index (χ3n) is 4.15. The molecule has 0 bridgehead atoms. The van der Waals surface area contributed by atoms with Crippen molar-refractivity contribution in [2.45, 2.75) is 29.7 Å². The van der Waals surface area contributed by atoms with E-state index >= 15 is 0 Å². The molecule has 0 heterocycles. The molecule has 2 aromatic rings. The molecule has 0 amide bonds. The molecule has 4 nitrogen and oxygen atoms in total. The van der Waals surface area contributed by atoms with Gasteiger partial charge in [0.2, 0.25) is 10.0 Å². The van der Waals surface area contributed by atoms with Gasteiger partial charge >= 0.3 is 0 Å². The van der Waals surface area contributed by atoms with Crippen LogP contribution in [0.15, 0.2) is 47.4 Å². The number of hydrogen-bond acceptors (Lipinski definition) is 3. The predicted molar refractivity (Wildman–Crippen MR) is 85.4 cm³/mol. The van der Waals surface area contributed by atoms with Gasteiger partial charge in [0.05, 0.1) is 10.6 Å². The first-order valence-electron chi connectivity index (χ1n) is 7.12. The molecule has 1 saturated carbocycles. The highest BCUT2D eigenvalue weighted by Crippen LogP contribution is 2.43. The fourth-order valence-electron chi connectivity index (χ4n) is 2.79. The molecule has 0 atom stereocenters. The molecule has 1 aliphatic carbocycles. The van der Waals surface area contributed by atoms with E-state index in [0.29, 0.717) is 18.4 Å². The van der Waals surface area contributed by atoms with Gasteiger partial charge in [0, 0.05) is 0 Å². The Balaban J connectivity index is 2.00. The average Bonchev–Trinajstić information content (AvgIpc) is 2.45. The minimum Gasteiger partial charge on any atom is -0.505 e. The lowest BCUT2D eigenvalue weighted by Gasteiger charge is -2.42. The molecule has 0 aliphatic heterocycles. The summed E-state index contributed by atoms with van der Waals surface area (Å²) >= 11 is 5.78. The highest BCUT2D eigenvalue weighted by atomic mass is 35.5. The second-order valence-electron chi connectivity index (χ2n) is 5.64. The lowest BCUT2D eigenvalue weighted by Crippen LogP contribution is -2.50. The summed E-state index contributed by atoms with van der Waals surface area (Å²) in [6.45, 7) is 0. The Kier molecular flexibility index (Phi) is 4.08. The first kappa shape index (κ1) is 16.2. The number of rotatable bonds is 4. The van der Waals surface area contributed by atoms with Crippen molar-refractivity contribution >= 4 is 21.6 Å². The first-order chi connectivity index (χ1) is 10.8. The lowest BCUT2D eigenvalue weighted by atomic mass is 9.73. The summed E-state index contributed by atoms with van der Waals surface area (Å²) in [5, 5.41) is 9.88. The molecule has 1 aliphatic rings. The summed E-state index contributed by atoms with van der Waals surface area (Å²) in [7, 11) is -4.00. The molecule has 2 N–H and O–H groups in total. The van der Waals surface area contributed by atoms with Crippen molar-refractivity contribution < 1.29 is 17.9 Å². The van der Waals surface area contributed by atoms with Gasteiger partial charge in [0.25, 0.3) is 0 Å². The second-order valence-corrected chi connectivity index (χ2v) is 7.70. The van der Waals surface area contributed by atoms with Gasteiger partial charge in [-0.15, -0.1) is 0 Å². The van der Waals surface area contributed by atoms with Gasteiger partial charge in [0.1, 0.15) is 10.7 Å². The van der Waals surface area contributed by atoms with Gasteiger partial charge in [-0.05, 0) is 49.1 Å². The zero-order valence-corrected chi connectivity index (χ0v) is 13.7. The summed E-state index contributed by atoms with van der Waals surface area (Å²) in [5.41, 5.74) is -0.274. The first-order valence-corrected chi connectivity index (χ1v) is 8.98. The predicted octanol–water partition coefficient (Wildman–Crippen LogP) is 3.54. The zero-order valence-electron chi connectivity index (χ0n) is 12.1. The molecular weight excluding hydrogens is 341 g/mol. The second kappa shape index (κ2) is 5.78. The summed E-state index contributed by atoms with van der Waals surface area (Å²) in [5.74, 6) is -0.908. The summed E-state index contributed by atoms with van der Waals surface area (Å²) in [6.07, 6.45) is 1.97. The average molecular weight is 356 g/mol. The molecule has 1 fully saturated rings. The number of benzene rings is 2. The smallest absolute Gasteiger partial charge is 0.245 e. The maximum atomic E-state index is 13.5. The van der Waals surface area contributed by atoms with E-state index in [1.807, 2.05) is 0 Å². The Hall–Kier alpha value is -1.63. The van der Waals surface area contributed by atoms with Crippen LogP contribution in [0.25, 0.3) is 0 Å². The van der Waals surface area contributed by atoms with Gasteiger partial charge in [-0.25, -0.2) is 17.5 Å². The van der Waals surface area contributed by atoms with Crippen molar-refractivity contribution in [1.82, 2.24) is 4.72 Å². The SMILES string of the molecule is O=S(=O)(NC1(c2cccc(F)c2)CCC1)c1cccc(Cl)c1O. The normalized spacial score (nSPS) is 16.8. The van der Waals surface area contributed by atoms with Gasteiger partial charge in [0.15, 0.2) is 5.75 Å². The van der Waals surface area contributed by atoms with Crippen LogP contribution >= 0.6 is 11.6 Å². The minimum atomic E-state index is -4.00. The number of para-hydroxylation sites is 1. The lowest BCUT2D eigenvalue weighted by molar-refractivity contribution is 0.223. The number of nitrogens with one attached hydrogen (secondary N) is 1. The highest BCUT2D eigenvalue weighted by Gasteiger charge is 2.43. The topological polar surface area (TPSA) is 66.4 Å². The largest absolute Gasteiger partial charge is 0.505 e. The fraction of sp³-hybridized carbons (Fsp3) is 0.250. The van der Waals surface area contributed by atoms with Crippen LogP contribution in [0.3, 0.4) is 0 Å². The van der Waals surface area contributed by atoms with E-state index in [4.69, 9.17) is 11.6 Å². The molecule has 0 unspecified atom stereocenters. The molecule has 0 radical (unpaired) electrons. The summed E-state index contributed by atoms with van der Waals surface area (Å²) in [6, 6.07) is 10.0. The van der Waals surface area contributed by atoms with Crippen LogP contribution in [0.5, 0.6) is 5.75 Å². The van der Waals surface area contributed by atoms with Crippen LogP contribution in [0.1, 0.15) is 24.8 Å². The van der Waals surface area contributed by atoms with Crippen LogP contribution < -0.4 is 4.72 Å². The van der Waals surface area contributed by atoms with Crippen LogP contribution in [0.4, 0.5) is 4.39 Å². The van der Waals surface area contributed by atoms with Gasteiger partial charge < -0.3 is 5.11 Å². The Morgan fingerprint density at radius 3 is 2.48 bits per heavy atom. The molecule has 0 aromatic heterocycles.